The standard InChI is InChI=1S/C27H27ClN2O5S/c1-17(19-7-6-18-4-3-5-20(18)14-19)29-27(31)26-16-30(24-15-21(28)8-13-25(24)35-26)36(32,33)23-11-9-22(34-2)10-12-23/h6-15,17,26H,3-5,16H2,1-2H3,(H,29,31)/t17-,26-/m1/s1. The van der Waals surface area contributed by atoms with Gasteiger partial charge in [0, 0.05) is 5.02 Å². The molecule has 5 rings (SSSR count). The summed E-state index contributed by atoms with van der Waals surface area (Å²) in [5.74, 6) is 0.420. The van der Waals surface area contributed by atoms with Crippen molar-refractivity contribution >= 4 is 33.2 Å². The summed E-state index contributed by atoms with van der Waals surface area (Å²) < 4.78 is 39.6. The quantitative estimate of drug-likeness (QED) is 0.504. The van der Waals surface area contributed by atoms with Crippen LogP contribution in [0.25, 0.3) is 0 Å². The number of amides is 1. The fourth-order valence-corrected chi connectivity index (χ4v) is 6.35. The van der Waals surface area contributed by atoms with Crippen molar-refractivity contribution in [2.45, 2.75) is 43.2 Å². The molecule has 36 heavy (non-hydrogen) atoms. The zero-order valence-corrected chi connectivity index (χ0v) is 21.6. The second-order valence-corrected chi connectivity index (χ2v) is 11.3. The van der Waals surface area contributed by atoms with E-state index in [2.05, 4.69) is 17.4 Å². The summed E-state index contributed by atoms with van der Waals surface area (Å²) in [6.45, 7) is 1.72. The maximum atomic E-state index is 13.6. The lowest BCUT2D eigenvalue weighted by molar-refractivity contribution is -0.128. The number of halogens is 1. The number of hydrogen-bond donors (Lipinski definition) is 1. The molecule has 2 atom stereocenters. The molecule has 0 saturated carbocycles. The Morgan fingerprint density at radius 3 is 2.58 bits per heavy atom. The fourth-order valence-electron chi connectivity index (χ4n) is 4.71. The maximum absolute atomic E-state index is 13.6. The van der Waals surface area contributed by atoms with Gasteiger partial charge in [0.25, 0.3) is 15.9 Å². The molecule has 0 saturated heterocycles. The number of rotatable bonds is 6. The normalized spacial score (nSPS) is 17.5. The summed E-state index contributed by atoms with van der Waals surface area (Å²) >= 11 is 6.18. The van der Waals surface area contributed by atoms with Gasteiger partial charge >= 0.3 is 0 Å². The molecule has 0 unspecified atom stereocenters. The van der Waals surface area contributed by atoms with Gasteiger partial charge in [-0.1, -0.05) is 29.8 Å². The number of anilines is 1. The van der Waals surface area contributed by atoms with E-state index in [9.17, 15) is 13.2 Å². The minimum atomic E-state index is -4.01. The summed E-state index contributed by atoms with van der Waals surface area (Å²) in [5.41, 5.74) is 3.98. The third-order valence-electron chi connectivity index (χ3n) is 6.71. The molecule has 3 aromatic rings. The molecule has 1 amide bonds. The Labute approximate surface area is 216 Å². The Hall–Kier alpha value is -3.23. The van der Waals surface area contributed by atoms with Crippen molar-refractivity contribution in [2.75, 3.05) is 18.0 Å². The Kier molecular flexibility index (Phi) is 6.57. The van der Waals surface area contributed by atoms with E-state index in [1.807, 2.05) is 13.0 Å². The van der Waals surface area contributed by atoms with E-state index >= 15 is 0 Å². The van der Waals surface area contributed by atoms with E-state index in [-0.39, 0.29) is 28.9 Å². The Balaban J connectivity index is 1.41. The van der Waals surface area contributed by atoms with E-state index in [0.717, 1.165) is 24.8 Å². The van der Waals surface area contributed by atoms with E-state index in [0.29, 0.717) is 10.8 Å². The van der Waals surface area contributed by atoms with Gasteiger partial charge < -0.3 is 14.8 Å². The molecule has 1 aliphatic heterocycles. The average Bonchev–Trinajstić information content (AvgIpc) is 3.36. The first-order valence-corrected chi connectivity index (χ1v) is 13.6. The third-order valence-corrected chi connectivity index (χ3v) is 8.74. The number of aryl methyl sites for hydroxylation is 2. The van der Waals surface area contributed by atoms with Gasteiger partial charge in [0.15, 0.2) is 6.10 Å². The van der Waals surface area contributed by atoms with Crippen molar-refractivity contribution in [2.24, 2.45) is 0 Å². The molecule has 3 aromatic carbocycles. The molecule has 0 aromatic heterocycles. The molecule has 0 fully saturated rings. The summed E-state index contributed by atoms with van der Waals surface area (Å²) in [5, 5.41) is 3.36. The SMILES string of the molecule is COc1ccc(S(=O)(=O)N2C[C@H](C(=O)N[C@H](C)c3ccc4c(c3)CCC4)Oc3ccc(Cl)cc32)cc1. The van der Waals surface area contributed by atoms with E-state index in [1.165, 1.54) is 40.7 Å². The van der Waals surface area contributed by atoms with Crippen molar-refractivity contribution in [3.8, 4) is 11.5 Å². The number of ether oxygens (including phenoxy) is 2. The van der Waals surface area contributed by atoms with Crippen LogP contribution in [-0.2, 0) is 27.7 Å². The molecule has 7 nitrogen and oxygen atoms in total. The van der Waals surface area contributed by atoms with Crippen LogP contribution in [0.1, 0.15) is 36.1 Å². The molecule has 1 N–H and O–H groups in total. The topological polar surface area (TPSA) is 84.9 Å². The molecule has 0 radical (unpaired) electrons. The predicted octanol–water partition coefficient (Wildman–Crippen LogP) is 4.67. The number of benzene rings is 3. The largest absolute Gasteiger partial charge is 0.497 e. The molecular weight excluding hydrogens is 500 g/mol. The minimum absolute atomic E-state index is 0.0711. The summed E-state index contributed by atoms with van der Waals surface area (Å²) in [7, 11) is -2.50. The van der Waals surface area contributed by atoms with Crippen molar-refractivity contribution in [3.05, 3.63) is 82.4 Å². The summed E-state index contributed by atoms with van der Waals surface area (Å²) in [6.07, 6.45) is 2.25. The van der Waals surface area contributed by atoms with Gasteiger partial charge in [-0.05, 0) is 85.3 Å². The van der Waals surface area contributed by atoms with Crippen LogP contribution in [0.5, 0.6) is 11.5 Å². The lowest BCUT2D eigenvalue weighted by atomic mass is 10.0. The molecule has 1 heterocycles. The Morgan fingerprint density at radius 2 is 1.83 bits per heavy atom. The first-order chi connectivity index (χ1) is 17.3. The molecule has 1 aliphatic carbocycles. The van der Waals surface area contributed by atoms with Crippen molar-refractivity contribution in [1.29, 1.82) is 0 Å². The van der Waals surface area contributed by atoms with Gasteiger partial charge in [-0.25, -0.2) is 8.42 Å². The van der Waals surface area contributed by atoms with Crippen LogP contribution in [-0.4, -0.2) is 34.1 Å². The lowest BCUT2D eigenvalue weighted by Crippen LogP contribution is -2.51. The second kappa shape index (κ2) is 9.67. The zero-order valence-electron chi connectivity index (χ0n) is 20.0. The fraction of sp³-hybridized carbons (Fsp3) is 0.296. The van der Waals surface area contributed by atoms with Crippen LogP contribution in [0.2, 0.25) is 5.02 Å². The third kappa shape index (κ3) is 4.63. The van der Waals surface area contributed by atoms with Crippen molar-refractivity contribution in [1.82, 2.24) is 5.32 Å². The van der Waals surface area contributed by atoms with Crippen LogP contribution >= 0.6 is 11.6 Å². The monoisotopic (exact) mass is 526 g/mol. The lowest BCUT2D eigenvalue weighted by Gasteiger charge is -2.35. The highest BCUT2D eigenvalue weighted by Gasteiger charge is 2.38. The van der Waals surface area contributed by atoms with Gasteiger partial charge in [0.05, 0.1) is 30.3 Å². The number of nitrogens with one attached hydrogen (secondary N) is 1. The van der Waals surface area contributed by atoms with Gasteiger partial charge in [-0.15, -0.1) is 0 Å². The van der Waals surface area contributed by atoms with Crippen molar-refractivity contribution in [3.63, 3.8) is 0 Å². The van der Waals surface area contributed by atoms with E-state index in [1.54, 1.807) is 24.3 Å². The smallest absolute Gasteiger partial charge is 0.264 e. The Bertz CT molecular complexity index is 1410. The molecule has 2 aliphatic rings. The van der Waals surface area contributed by atoms with Gasteiger partial charge in [0.1, 0.15) is 11.5 Å². The number of hydrogen-bond acceptors (Lipinski definition) is 5. The summed E-state index contributed by atoms with van der Waals surface area (Å²) in [6, 6.07) is 16.9. The summed E-state index contributed by atoms with van der Waals surface area (Å²) in [4.78, 5) is 13.4. The average molecular weight is 527 g/mol. The number of carbonyl (C=O) groups excluding carboxylic acids is 1. The second-order valence-electron chi connectivity index (χ2n) is 9.04. The maximum Gasteiger partial charge on any atom is 0.264 e. The number of nitrogens with zero attached hydrogens (tertiary/aromatic N) is 1. The zero-order chi connectivity index (χ0) is 25.4. The number of fused-ring (bicyclic) bond motifs is 2. The van der Waals surface area contributed by atoms with Crippen LogP contribution in [0, 0.1) is 0 Å². The van der Waals surface area contributed by atoms with Crippen molar-refractivity contribution < 1.29 is 22.7 Å². The van der Waals surface area contributed by atoms with Gasteiger partial charge in [-0.2, -0.15) is 0 Å². The number of carbonyl (C=O) groups is 1. The van der Waals surface area contributed by atoms with Crippen LogP contribution in [0.15, 0.2) is 65.6 Å². The van der Waals surface area contributed by atoms with Gasteiger partial charge in [0.2, 0.25) is 0 Å². The van der Waals surface area contributed by atoms with Crippen LogP contribution in [0.3, 0.4) is 0 Å². The highest BCUT2D eigenvalue weighted by atomic mass is 35.5. The molecular formula is C27H27ClN2O5S. The van der Waals surface area contributed by atoms with E-state index < -0.39 is 22.0 Å². The van der Waals surface area contributed by atoms with Crippen LogP contribution < -0.4 is 19.1 Å². The molecule has 0 bridgehead atoms. The minimum Gasteiger partial charge on any atom is -0.497 e. The van der Waals surface area contributed by atoms with E-state index in [4.69, 9.17) is 21.1 Å². The number of sulfonamides is 1. The van der Waals surface area contributed by atoms with Gasteiger partial charge in [-0.3, -0.25) is 9.10 Å². The first kappa shape index (κ1) is 24.5. The molecule has 188 valence electrons. The molecule has 9 heteroatoms. The molecule has 0 spiro atoms. The highest BCUT2D eigenvalue weighted by molar-refractivity contribution is 7.92. The number of methoxy groups -OCH3 is 1. The highest BCUT2D eigenvalue weighted by Crippen LogP contribution is 2.39. The predicted molar refractivity (Wildman–Crippen MR) is 138 cm³/mol. The first-order valence-electron chi connectivity index (χ1n) is 11.8. The Morgan fingerprint density at radius 1 is 1.08 bits per heavy atom. The van der Waals surface area contributed by atoms with Crippen LogP contribution in [0.4, 0.5) is 5.69 Å².